The Labute approximate surface area is 227 Å². The number of methoxy groups -OCH3 is 1. The first kappa shape index (κ1) is 28.2. The molecule has 4 heterocycles. The van der Waals surface area contributed by atoms with Crippen LogP contribution in [0.1, 0.15) is 42.2 Å². The smallest absolute Gasteiger partial charge is 0.417 e. The molecule has 2 bridgehead atoms. The van der Waals surface area contributed by atoms with Gasteiger partial charge in [0.1, 0.15) is 11.8 Å². The number of nitrogens with one attached hydrogen (secondary N) is 1. The van der Waals surface area contributed by atoms with Crippen LogP contribution in [0.2, 0.25) is 0 Å². The van der Waals surface area contributed by atoms with Crippen LogP contribution in [0.15, 0.2) is 30.5 Å². The predicted octanol–water partition coefficient (Wildman–Crippen LogP) is 3.98. The molecule has 216 valence electrons. The topological polar surface area (TPSA) is 84.0 Å². The highest BCUT2D eigenvalue weighted by Gasteiger charge is 2.66. The molecule has 1 aromatic carbocycles. The number of anilines is 1. The minimum absolute atomic E-state index is 0.0663. The van der Waals surface area contributed by atoms with Gasteiger partial charge in [-0.1, -0.05) is 13.0 Å². The van der Waals surface area contributed by atoms with Gasteiger partial charge in [-0.05, 0) is 38.6 Å². The zero-order valence-electron chi connectivity index (χ0n) is 22.3. The number of nitrogens with zero attached hydrogens (tertiary/aromatic N) is 3. The standard InChI is InChI=1S/C27H29F5N4O4/c1-13-20(17-5-6-18(28)21(29)22(17)39-4)23(40-26(13,2)27(30,31)32)24(37)34-14-7-8-33-19(9-14)25(38)36-15-10-16(36)12-35(3)11-15/h5-9,13,15-16,20,23H,10-12H2,1-4H3,(H,33,34,37)/t13-,15?,16?,20-,23+,26+/m0/s1. The summed E-state index contributed by atoms with van der Waals surface area (Å²) >= 11 is 0. The normalized spacial score (nSPS) is 30.1. The molecule has 0 aliphatic carbocycles. The Morgan fingerprint density at radius 3 is 2.48 bits per heavy atom. The summed E-state index contributed by atoms with van der Waals surface area (Å²) in [5.74, 6) is -7.23. The molecule has 1 aromatic heterocycles. The average molecular weight is 569 g/mol. The molecule has 0 spiro atoms. The average Bonchev–Trinajstić information content (AvgIpc) is 3.17. The fraction of sp³-hybridized carbons (Fsp3) is 0.519. The summed E-state index contributed by atoms with van der Waals surface area (Å²) in [7, 11) is 3.04. The van der Waals surface area contributed by atoms with Gasteiger partial charge in [-0.25, -0.2) is 4.39 Å². The van der Waals surface area contributed by atoms with Crippen molar-refractivity contribution in [3.63, 3.8) is 0 Å². The van der Waals surface area contributed by atoms with Gasteiger partial charge < -0.3 is 24.6 Å². The summed E-state index contributed by atoms with van der Waals surface area (Å²) in [5.41, 5.74) is -2.71. The first-order valence-corrected chi connectivity index (χ1v) is 12.8. The maximum absolute atomic E-state index is 14.6. The molecule has 2 aromatic rings. The number of likely N-dealkylation sites (tertiary alicyclic amines) is 2. The Hall–Kier alpha value is -3.32. The second kappa shape index (κ2) is 9.95. The number of aromatic nitrogens is 1. The molecule has 2 unspecified atom stereocenters. The van der Waals surface area contributed by atoms with Gasteiger partial charge in [0.05, 0.1) is 7.11 Å². The van der Waals surface area contributed by atoms with E-state index in [0.717, 1.165) is 45.7 Å². The molecule has 0 radical (unpaired) electrons. The van der Waals surface area contributed by atoms with E-state index in [1.807, 2.05) is 7.05 Å². The van der Waals surface area contributed by atoms with E-state index in [9.17, 15) is 31.5 Å². The number of piperazine rings is 1. The third-order valence-electron chi connectivity index (χ3n) is 8.43. The monoisotopic (exact) mass is 568 g/mol. The number of carbonyl (C=O) groups is 2. The highest BCUT2D eigenvalue weighted by molar-refractivity contribution is 5.98. The second-order valence-electron chi connectivity index (χ2n) is 10.8. The fourth-order valence-electron chi connectivity index (χ4n) is 6.16. The van der Waals surface area contributed by atoms with Crippen molar-refractivity contribution < 1.29 is 41.0 Å². The number of amides is 2. The van der Waals surface area contributed by atoms with Crippen molar-refractivity contribution in [3.05, 3.63) is 53.4 Å². The molecule has 3 aliphatic heterocycles. The molecule has 2 amide bonds. The number of likely N-dealkylation sites (N-methyl/N-ethyl adjacent to an activating group) is 1. The maximum Gasteiger partial charge on any atom is 0.417 e. The van der Waals surface area contributed by atoms with E-state index in [2.05, 4.69) is 15.2 Å². The van der Waals surface area contributed by atoms with Crippen LogP contribution in [-0.2, 0) is 9.53 Å². The minimum atomic E-state index is -4.88. The van der Waals surface area contributed by atoms with Gasteiger partial charge in [0.25, 0.3) is 11.8 Å². The van der Waals surface area contributed by atoms with E-state index < -0.39 is 53.0 Å². The quantitative estimate of drug-likeness (QED) is 0.550. The van der Waals surface area contributed by atoms with Crippen LogP contribution in [0.25, 0.3) is 0 Å². The molecule has 0 saturated carbocycles. The molecule has 1 N–H and O–H groups in total. The SMILES string of the molecule is COc1c([C@H]2[C@H](C(=O)Nc3ccnc(C(=O)N4C5CC4CN(C)C5)c3)O[C@@](C)(C(F)(F)F)[C@H]2C)ccc(F)c1F. The lowest BCUT2D eigenvalue weighted by Gasteiger charge is -2.55. The van der Waals surface area contributed by atoms with Crippen molar-refractivity contribution >= 4 is 17.5 Å². The van der Waals surface area contributed by atoms with Crippen LogP contribution in [0.4, 0.5) is 27.6 Å². The first-order valence-electron chi connectivity index (χ1n) is 12.8. The maximum atomic E-state index is 14.6. The van der Waals surface area contributed by atoms with Crippen molar-refractivity contribution in [2.45, 2.75) is 56.2 Å². The molecule has 6 atom stereocenters. The molecule has 3 fully saturated rings. The predicted molar refractivity (Wildman–Crippen MR) is 133 cm³/mol. The highest BCUT2D eigenvalue weighted by Crippen LogP contribution is 2.55. The zero-order valence-corrected chi connectivity index (χ0v) is 22.3. The van der Waals surface area contributed by atoms with Crippen LogP contribution >= 0.6 is 0 Å². The third kappa shape index (κ3) is 4.48. The second-order valence-corrected chi connectivity index (χ2v) is 10.8. The molecular formula is C27H29F5N4O4. The largest absolute Gasteiger partial charge is 0.493 e. The number of rotatable bonds is 5. The lowest BCUT2D eigenvalue weighted by atomic mass is 9.77. The summed E-state index contributed by atoms with van der Waals surface area (Å²) in [5, 5.41) is 2.53. The Bertz CT molecular complexity index is 1330. The Balaban J connectivity index is 1.44. The van der Waals surface area contributed by atoms with E-state index in [0.29, 0.717) is 0 Å². The molecule has 40 heavy (non-hydrogen) atoms. The number of ether oxygens (including phenoxy) is 2. The fourth-order valence-corrected chi connectivity index (χ4v) is 6.16. The number of hydrogen-bond acceptors (Lipinski definition) is 6. The number of hydrogen-bond donors (Lipinski definition) is 1. The minimum Gasteiger partial charge on any atom is -0.493 e. The van der Waals surface area contributed by atoms with Crippen LogP contribution in [0.3, 0.4) is 0 Å². The molecule has 3 aliphatic rings. The number of carbonyl (C=O) groups excluding carboxylic acids is 2. The van der Waals surface area contributed by atoms with Gasteiger partial charge in [0.15, 0.2) is 17.2 Å². The summed E-state index contributed by atoms with van der Waals surface area (Å²) in [6, 6.07) is 4.74. The van der Waals surface area contributed by atoms with Crippen LogP contribution in [0.5, 0.6) is 5.75 Å². The summed E-state index contributed by atoms with van der Waals surface area (Å²) in [6.45, 7) is 3.52. The van der Waals surface area contributed by atoms with Crippen molar-refractivity contribution in [2.75, 3.05) is 32.6 Å². The van der Waals surface area contributed by atoms with Crippen LogP contribution in [0, 0.1) is 17.6 Å². The van der Waals surface area contributed by atoms with Crippen molar-refractivity contribution in [1.82, 2.24) is 14.8 Å². The first-order chi connectivity index (χ1) is 18.8. The summed E-state index contributed by atoms with van der Waals surface area (Å²) in [4.78, 5) is 34.6. The molecule has 3 saturated heterocycles. The van der Waals surface area contributed by atoms with E-state index in [-0.39, 0.29) is 34.9 Å². The van der Waals surface area contributed by atoms with Gasteiger partial charge in [-0.3, -0.25) is 14.6 Å². The Morgan fingerprint density at radius 1 is 1.18 bits per heavy atom. The van der Waals surface area contributed by atoms with Crippen molar-refractivity contribution in [1.29, 1.82) is 0 Å². The van der Waals surface area contributed by atoms with E-state index in [4.69, 9.17) is 9.47 Å². The van der Waals surface area contributed by atoms with Gasteiger partial charge in [-0.15, -0.1) is 0 Å². The van der Waals surface area contributed by atoms with E-state index in [1.165, 1.54) is 25.3 Å². The highest BCUT2D eigenvalue weighted by atomic mass is 19.4. The number of fused-ring (bicyclic) bond motifs is 2. The number of piperidine rings is 1. The van der Waals surface area contributed by atoms with Gasteiger partial charge in [-0.2, -0.15) is 17.6 Å². The van der Waals surface area contributed by atoms with E-state index in [1.54, 1.807) is 4.90 Å². The summed E-state index contributed by atoms with van der Waals surface area (Å²) in [6.07, 6.45) is -4.42. The number of pyridine rings is 1. The Kier molecular flexibility index (Phi) is 7.02. The van der Waals surface area contributed by atoms with Crippen LogP contribution in [-0.4, -0.2) is 83.8 Å². The summed E-state index contributed by atoms with van der Waals surface area (Å²) < 4.78 is 81.4. The molecule has 13 heteroatoms. The van der Waals surface area contributed by atoms with E-state index >= 15 is 0 Å². The van der Waals surface area contributed by atoms with Gasteiger partial charge in [0, 0.05) is 54.5 Å². The number of benzene rings is 1. The Morgan fingerprint density at radius 2 is 1.85 bits per heavy atom. The lowest BCUT2D eigenvalue weighted by molar-refractivity contribution is -0.272. The lowest BCUT2D eigenvalue weighted by Crippen LogP contribution is -2.69. The zero-order chi connectivity index (χ0) is 29.1. The third-order valence-corrected chi connectivity index (χ3v) is 8.43. The van der Waals surface area contributed by atoms with Gasteiger partial charge in [0.2, 0.25) is 5.82 Å². The number of alkyl halides is 3. The van der Waals surface area contributed by atoms with Crippen molar-refractivity contribution in [3.8, 4) is 5.75 Å². The molecule has 5 rings (SSSR count). The van der Waals surface area contributed by atoms with Crippen LogP contribution < -0.4 is 10.1 Å². The number of halogens is 5. The van der Waals surface area contributed by atoms with Gasteiger partial charge >= 0.3 is 6.18 Å². The molecular weight excluding hydrogens is 539 g/mol. The van der Waals surface area contributed by atoms with Crippen molar-refractivity contribution in [2.24, 2.45) is 5.92 Å². The molecule has 8 nitrogen and oxygen atoms in total.